The first-order valence-electron chi connectivity index (χ1n) is 12.3. The highest BCUT2D eigenvalue weighted by Crippen LogP contribution is 2.24. The molecular weight excluding hydrogens is 436 g/mol. The van der Waals surface area contributed by atoms with Crippen LogP contribution in [-0.2, 0) is 17.9 Å². The lowest BCUT2D eigenvalue weighted by atomic mass is 9.96. The predicted octanol–water partition coefficient (Wildman–Crippen LogP) is 5.27. The minimum Gasteiger partial charge on any atom is -0.486 e. The minimum absolute atomic E-state index is 0.0509. The van der Waals surface area contributed by atoms with Gasteiger partial charge in [-0.15, -0.1) is 0 Å². The molecule has 3 aromatic carbocycles. The van der Waals surface area contributed by atoms with Crippen LogP contribution in [0.2, 0.25) is 0 Å². The van der Waals surface area contributed by atoms with Crippen LogP contribution >= 0.6 is 0 Å². The number of carbonyl (C=O) groups is 1. The summed E-state index contributed by atoms with van der Waals surface area (Å²) in [5.41, 5.74) is 4.16. The number of likely N-dealkylation sites (tertiary alicyclic amines) is 1. The SMILES string of the molecule is Cc1cccc(NC(=O)CN2CCC(Cn3c(COc4ccccc4)nc4ccccc43)CC2)c1. The topological polar surface area (TPSA) is 59.4 Å². The highest BCUT2D eigenvalue weighted by Gasteiger charge is 2.23. The van der Waals surface area contributed by atoms with Crippen LogP contribution in [0.1, 0.15) is 24.2 Å². The van der Waals surface area contributed by atoms with Gasteiger partial charge < -0.3 is 14.6 Å². The number of aromatic nitrogens is 2. The van der Waals surface area contributed by atoms with Crippen molar-refractivity contribution in [1.82, 2.24) is 14.5 Å². The Morgan fingerprint density at radius 2 is 1.77 bits per heavy atom. The second kappa shape index (κ2) is 10.7. The van der Waals surface area contributed by atoms with Crippen molar-refractivity contribution >= 4 is 22.6 Å². The lowest BCUT2D eigenvalue weighted by molar-refractivity contribution is -0.117. The fourth-order valence-electron chi connectivity index (χ4n) is 4.82. The molecule has 1 aliphatic heterocycles. The van der Waals surface area contributed by atoms with Crippen molar-refractivity contribution in [3.8, 4) is 5.75 Å². The van der Waals surface area contributed by atoms with E-state index in [-0.39, 0.29) is 5.91 Å². The van der Waals surface area contributed by atoms with Gasteiger partial charge in [-0.05, 0) is 80.7 Å². The van der Waals surface area contributed by atoms with E-state index < -0.39 is 0 Å². The lowest BCUT2D eigenvalue weighted by Gasteiger charge is -2.32. The van der Waals surface area contributed by atoms with Crippen molar-refractivity contribution in [1.29, 1.82) is 0 Å². The summed E-state index contributed by atoms with van der Waals surface area (Å²) in [5, 5.41) is 3.03. The van der Waals surface area contributed by atoms with Crippen LogP contribution in [0, 0.1) is 12.8 Å². The number of carbonyl (C=O) groups excluding carboxylic acids is 1. The quantitative estimate of drug-likeness (QED) is 0.383. The molecule has 4 aromatic rings. The highest BCUT2D eigenvalue weighted by molar-refractivity contribution is 5.92. The number of benzene rings is 3. The number of rotatable bonds is 8. The molecule has 6 heteroatoms. The third kappa shape index (κ3) is 5.89. The molecule has 5 rings (SSSR count). The molecule has 1 N–H and O–H groups in total. The largest absolute Gasteiger partial charge is 0.486 e. The number of nitrogens with zero attached hydrogens (tertiary/aromatic N) is 3. The number of imidazole rings is 1. The maximum atomic E-state index is 12.5. The van der Waals surface area contributed by atoms with Gasteiger partial charge in [0.05, 0.1) is 17.6 Å². The van der Waals surface area contributed by atoms with Gasteiger partial charge in [0.1, 0.15) is 18.2 Å². The molecule has 1 fully saturated rings. The van der Waals surface area contributed by atoms with Gasteiger partial charge in [0.2, 0.25) is 5.91 Å². The van der Waals surface area contributed by atoms with E-state index in [0.717, 1.165) is 66.3 Å². The molecule has 6 nitrogen and oxygen atoms in total. The van der Waals surface area contributed by atoms with Gasteiger partial charge >= 0.3 is 0 Å². The fraction of sp³-hybridized carbons (Fsp3) is 0.310. The number of piperidine rings is 1. The molecule has 0 radical (unpaired) electrons. The molecule has 35 heavy (non-hydrogen) atoms. The van der Waals surface area contributed by atoms with Crippen molar-refractivity contribution in [3.05, 3.63) is 90.3 Å². The van der Waals surface area contributed by atoms with Crippen LogP contribution < -0.4 is 10.1 Å². The van der Waals surface area contributed by atoms with Crippen molar-refractivity contribution < 1.29 is 9.53 Å². The van der Waals surface area contributed by atoms with Crippen LogP contribution in [0.5, 0.6) is 5.75 Å². The van der Waals surface area contributed by atoms with E-state index >= 15 is 0 Å². The van der Waals surface area contributed by atoms with Crippen LogP contribution in [-0.4, -0.2) is 40.0 Å². The summed E-state index contributed by atoms with van der Waals surface area (Å²) in [6.45, 7) is 5.67. The number of hydrogen-bond donors (Lipinski definition) is 1. The normalized spacial score (nSPS) is 14.8. The van der Waals surface area contributed by atoms with E-state index in [0.29, 0.717) is 19.1 Å². The molecule has 0 saturated carbocycles. The Labute approximate surface area is 206 Å². The monoisotopic (exact) mass is 468 g/mol. The summed E-state index contributed by atoms with van der Waals surface area (Å²) < 4.78 is 8.35. The van der Waals surface area contributed by atoms with Crippen LogP contribution in [0.15, 0.2) is 78.9 Å². The lowest BCUT2D eigenvalue weighted by Crippen LogP contribution is -2.40. The molecule has 0 spiro atoms. The van der Waals surface area contributed by atoms with Gasteiger partial charge in [0.15, 0.2) is 0 Å². The average molecular weight is 469 g/mol. The molecular formula is C29H32N4O2. The third-order valence-corrected chi connectivity index (χ3v) is 6.66. The number of ether oxygens (including phenoxy) is 1. The molecule has 1 aliphatic rings. The Morgan fingerprint density at radius 1 is 1.00 bits per heavy atom. The Kier molecular flexibility index (Phi) is 7.09. The molecule has 180 valence electrons. The highest BCUT2D eigenvalue weighted by atomic mass is 16.5. The van der Waals surface area contributed by atoms with Crippen LogP contribution in [0.25, 0.3) is 11.0 Å². The summed E-state index contributed by atoms with van der Waals surface area (Å²) >= 11 is 0. The molecule has 1 aromatic heterocycles. The van der Waals surface area contributed by atoms with E-state index in [1.807, 2.05) is 67.6 Å². The van der Waals surface area contributed by atoms with Gasteiger partial charge in [-0.3, -0.25) is 9.69 Å². The first-order valence-corrected chi connectivity index (χ1v) is 12.3. The molecule has 0 unspecified atom stereocenters. The van der Waals surface area contributed by atoms with Crippen molar-refractivity contribution in [2.45, 2.75) is 32.9 Å². The van der Waals surface area contributed by atoms with E-state index in [1.54, 1.807) is 0 Å². The zero-order chi connectivity index (χ0) is 24.0. The zero-order valence-corrected chi connectivity index (χ0v) is 20.2. The van der Waals surface area contributed by atoms with E-state index in [9.17, 15) is 4.79 Å². The van der Waals surface area contributed by atoms with Gasteiger partial charge in [-0.1, -0.05) is 42.5 Å². The Balaban J connectivity index is 1.19. The number of aryl methyl sites for hydroxylation is 1. The molecule has 1 amide bonds. The number of hydrogen-bond acceptors (Lipinski definition) is 4. The van der Waals surface area contributed by atoms with Gasteiger partial charge in [-0.2, -0.15) is 0 Å². The summed E-state index contributed by atoms with van der Waals surface area (Å²) in [5.74, 6) is 2.40. The van der Waals surface area contributed by atoms with E-state index in [4.69, 9.17) is 9.72 Å². The second-order valence-corrected chi connectivity index (χ2v) is 9.37. The van der Waals surface area contributed by atoms with Gasteiger partial charge in [0, 0.05) is 12.2 Å². The Morgan fingerprint density at radius 3 is 2.57 bits per heavy atom. The molecule has 0 bridgehead atoms. The summed E-state index contributed by atoms with van der Waals surface area (Å²) in [6.07, 6.45) is 2.12. The molecule has 2 heterocycles. The average Bonchev–Trinajstić information content (AvgIpc) is 3.22. The Hall–Kier alpha value is -3.64. The number of amides is 1. The van der Waals surface area contributed by atoms with E-state index in [1.165, 1.54) is 0 Å². The first kappa shape index (κ1) is 23.1. The zero-order valence-electron chi connectivity index (χ0n) is 20.2. The summed E-state index contributed by atoms with van der Waals surface area (Å²) in [7, 11) is 0. The Bertz CT molecular complexity index is 1280. The molecule has 0 atom stereocenters. The van der Waals surface area contributed by atoms with Crippen molar-refractivity contribution in [3.63, 3.8) is 0 Å². The van der Waals surface area contributed by atoms with E-state index in [2.05, 4.69) is 33.0 Å². The number of para-hydroxylation sites is 3. The summed E-state index contributed by atoms with van der Waals surface area (Å²) in [4.78, 5) is 19.7. The first-order chi connectivity index (χ1) is 17.1. The summed E-state index contributed by atoms with van der Waals surface area (Å²) in [6, 6.07) is 26.1. The minimum atomic E-state index is 0.0509. The number of anilines is 1. The van der Waals surface area contributed by atoms with Crippen molar-refractivity contribution in [2.75, 3.05) is 25.0 Å². The maximum absolute atomic E-state index is 12.5. The van der Waals surface area contributed by atoms with Crippen LogP contribution in [0.4, 0.5) is 5.69 Å². The maximum Gasteiger partial charge on any atom is 0.238 e. The predicted molar refractivity (Wildman–Crippen MR) is 139 cm³/mol. The molecule has 1 saturated heterocycles. The van der Waals surface area contributed by atoms with Crippen LogP contribution in [0.3, 0.4) is 0 Å². The second-order valence-electron chi connectivity index (χ2n) is 9.37. The fourth-order valence-corrected chi connectivity index (χ4v) is 4.82. The number of nitrogens with one attached hydrogen (secondary N) is 1. The van der Waals surface area contributed by atoms with Gasteiger partial charge in [-0.25, -0.2) is 4.98 Å². The van der Waals surface area contributed by atoms with Crippen molar-refractivity contribution in [2.24, 2.45) is 5.92 Å². The smallest absolute Gasteiger partial charge is 0.238 e. The van der Waals surface area contributed by atoms with Gasteiger partial charge in [0.25, 0.3) is 0 Å². The standard InChI is InChI=1S/C29H32N4O2/c1-22-8-7-9-24(18-22)30-29(34)20-32-16-14-23(15-17-32)19-33-27-13-6-5-12-26(27)31-28(33)21-35-25-10-3-2-4-11-25/h2-13,18,23H,14-17,19-21H2,1H3,(H,30,34). The molecule has 0 aliphatic carbocycles. The third-order valence-electron chi connectivity index (χ3n) is 6.66. The number of fused-ring (bicyclic) bond motifs is 1.